The van der Waals surface area contributed by atoms with Crippen LogP contribution in [0.2, 0.25) is 0 Å². The number of rotatable bonds is 5. The molecule has 0 fully saturated rings. The summed E-state index contributed by atoms with van der Waals surface area (Å²) in [6.45, 7) is 1.85. The average Bonchev–Trinajstić information content (AvgIpc) is 2.15. The summed E-state index contributed by atoms with van der Waals surface area (Å²) >= 11 is 0. The smallest absolute Gasteiger partial charge is 0.320 e. The van der Waals surface area contributed by atoms with Crippen molar-refractivity contribution in [3.63, 3.8) is 0 Å². The van der Waals surface area contributed by atoms with E-state index in [1.54, 1.807) is 0 Å². The molecule has 4 N–H and O–H groups in total. The second-order valence-corrected chi connectivity index (χ2v) is 3.13. The molecule has 84 valence electrons. The Morgan fingerprint density at radius 2 is 1.87 bits per heavy atom. The van der Waals surface area contributed by atoms with Crippen LogP contribution in [0.5, 0.6) is 0 Å². The highest BCUT2D eigenvalue weighted by molar-refractivity contribution is 5.76. The maximum Gasteiger partial charge on any atom is 0.320 e. The molecule has 0 rings (SSSR count). The third kappa shape index (κ3) is 5.70. The number of hydrogen-bond donors (Lipinski definition) is 3. The quantitative estimate of drug-likeness (QED) is 0.570. The molecule has 15 heavy (non-hydrogen) atoms. The summed E-state index contributed by atoms with van der Waals surface area (Å²) in [5, 5.41) is 17.3. The Bertz CT molecular complexity index is 290. The number of carbonyl (C=O) groups is 2. The van der Waals surface area contributed by atoms with Gasteiger partial charge in [-0.25, -0.2) is 0 Å². The number of hydrogen-bond acceptors (Lipinski definition) is 3. The van der Waals surface area contributed by atoms with Crippen molar-refractivity contribution in [3.8, 4) is 11.8 Å². The van der Waals surface area contributed by atoms with Crippen molar-refractivity contribution in [2.24, 2.45) is 11.7 Å². The molecule has 0 unspecified atom stereocenters. The fourth-order valence-electron chi connectivity index (χ4n) is 0.999. The molecule has 2 atom stereocenters. The van der Waals surface area contributed by atoms with Crippen molar-refractivity contribution < 1.29 is 19.8 Å². The molecule has 0 amide bonds. The van der Waals surface area contributed by atoms with E-state index in [2.05, 4.69) is 11.8 Å². The highest BCUT2D eigenvalue weighted by atomic mass is 16.4. The minimum Gasteiger partial charge on any atom is -0.481 e. The first-order valence-electron chi connectivity index (χ1n) is 4.66. The lowest BCUT2D eigenvalue weighted by atomic mass is 9.97. The number of aliphatic carboxylic acids is 2. The van der Waals surface area contributed by atoms with Crippen LogP contribution in [0.25, 0.3) is 0 Å². The maximum atomic E-state index is 10.7. The molecule has 0 saturated carbocycles. The van der Waals surface area contributed by atoms with Crippen LogP contribution in [0.4, 0.5) is 0 Å². The molecule has 0 aliphatic carbocycles. The molecule has 0 bridgehead atoms. The molecule has 0 heterocycles. The van der Waals surface area contributed by atoms with Crippen molar-refractivity contribution in [1.29, 1.82) is 0 Å². The third-order valence-corrected chi connectivity index (χ3v) is 1.86. The fraction of sp³-hybridized carbons (Fsp3) is 0.600. The van der Waals surface area contributed by atoms with Gasteiger partial charge in [0.1, 0.15) is 6.04 Å². The van der Waals surface area contributed by atoms with Gasteiger partial charge in [-0.05, 0) is 6.42 Å². The summed E-state index contributed by atoms with van der Waals surface area (Å²) in [5.74, 6) is 2.36. The molecular formula is C10H15NO4. The van der Waals surface area contributed by atoms with Crippen LogP contribution in [0, 0.1) is 17.8 Å². The lowest BCUT2D eigenvalue weighted by Crippen LogP contribution is -2.34. The van der Waals surface area contributed by atoms with Crippen LogP contribution in [0.3, 0.4) is 0 Å². The van der Waals surface area contributed by atoms with Crippen molar-refractivity contribution in [2.75, 3.05) is 0 Å². The number of nitrogens with two attached hydrogens (primary N) is 1. The number of carboxylic acids is 2. The lowest BCUT2D eigenvalue weighted by molar-refractivity contribution is -0.143. The Balaban J connectivity index is 4.28. The van der Waals surface area contributed by atoms with Crippen LogP contribution in [-0.4, -0.2) is 28.2 Å². The first-order valence-corrected chi connectivity index (χ1v) is 4.66. The van der Waals surface area contributed by atoms with Gasteiger partial charge in [-0.3, -0.25) is 9.59 Å². The van der Waals surface area contributed by atoms with Gasteiger partial charge in [-0.2, -0.15) is 0 Å². The van der Waals surface area contributed by atoms with E-state index in [0.717, 1.165) is 0 Å². The van der Waals surface area contributed by atoms with Gasteiger partial charge in [0.05, 0.1) is 5.92 Å². The standard InChI is InChI=1S/C10H15NO4/c1-2-3-4-5-7(9(12)13)6-8(11)10(14)15/h7-8H,2,5-6,11H2,1H3,(H,12,13)(H,14,15)/t7-,8-/m0/s1. The molecule has 5 nitrogen and oxygen atoms in total. The van der Waals surface area contributed by atoms with Crippen LogP contribution in [-0.2, 0) is 9.59 Å². The van der Waals surface area contributed by atoms with Gasteiger partial charge >= 0.3 is 11.9 Å². The molecule has 0 radical (unpaired) electrons. The molecule has 0 saturated heterocycles. The average molecular weight is 213 g/mol. The van der Waals surface area contributed by atoms with Gasteiger partial charge in [-0.1, -0.05) is 6.92 Å². The largest absolute Gasteiger partial charge is 0.481 e. The van der Waals surface area contributed by atoms with Crippen LogP contribution >= 0.6 is 0 Å². The van der Waals surface area contributed by atoms with Crippen molar-refractivity contribution in [1.82, 2.24) is 0 Å². The van der Waals surface area contributed by atoms with E-state index in [1.165, 1.54) is 0 Å². The Morgan fingerprint density at radius 3 is 2.27 bits per heavy atom. The van der Waals surface area contributed by atoms with Gasteiger partial charge in [0.2, 0.25) is 0 Å². The first-order chi connectivity index (χ1) is 6.99. The third-order valence-electron chi connectivity index (χ3n) is 1.86. The monoisotopic (exact) mass is 213 g/mol. The highest BCUT2D eigenvalue weighted by Crippen LogP contribution is 2.10. The highest BCUT2D eigenvalue weighted by Gasteiger charge is 2.23. The van der Waals surface area contributed by atoms with E-state index in [4.69, 9.17) is 15.9 Å². The summed E-state index contributed by atoms with van der Waals surface area (Å²) < 4.78 is 0. The molecule has 0 aliphatic heterocycles. The molecule has 0 spiro atoms. The van der Waals surface area contributed by atoms with E-state index < -0.39 is 23.9 Å². The zero-order valence-corrected chi connectivity index (χ0v) is 8.56. The first kappa shape index (κ1) is 13.5. The molecule has 5 heteroatoms. The van der Waals surface area contributed by atoms with Crippen molar-refractivity contribution >= 4 is 11.9 Å². The summed E-state index contributed by atoms with van der Waals surface area (Å²) in [7, 11) is 0. The minimum atomic E-state index is -1.19. The van der Waals surface area contributed by atoms with E-state index >= 15 is 0 Å². The predicted molar refractivity (Wildman–Crippen MR) is 54.0 cm³/mol. The van der Waals surface area contributed by atoms with Gasteiger partial charge < -0.3 is 15.9 Å². The topological polar surface area (TPSA) is 101 Å². The normalized spacial score (nSPS) is 13.5. The van der Waals surface area contributed by atoms with E-state index in [1.807, 2.05) is 6.92 Å². The number of carboxylic acid groups (broad SMARTS) is 2. The van der Waals surface area contributed by atoms with Gasteiger partial charge in [0, 0.05) is 12.8 Å². The lowest BCUT2D eigenvalue weighted by Gasteiger charge is -2.11. The Morgan fingerprint density at radius 1 is 1.27 bits per heavy atom. The fourth-order valence-corrected chi connectivity index (χ4v) is 0.999. The van der Waals surface area contributed by atoms with Gasteiger partial charge in [0.25, 0.3) is 0 Å². The second-order valence-electron chi connectivity index (χ2n) is 3.13. The Hall–Kier alpha value is -1.54. The van der Waals surface area contributed by atoms with E-state index in [-0.39, 0.29) is 12.8 Å². The molecule has 0 aromatic heterocycles. The second kappa shape index (κ2) is 6.85. The summed E-state index contributed by atoms with van der Waals surface area (Å²) in [6.07, 6.45) is 0.699. The SMILES string of the molecule is CCC#CC[C@@H](C[C@H](N)C(=O)O)C(=O)O. The van der Waals surface area contributed by atoms with E-state index in [0.29, 0.717) is 6.42 Å². The summed E-state index contributed by atoms with van der Waals surface area (Å²) in [4.78, 5) is 21.2. The molecule has 0 aromatic carbocycles. The molecular weight excluding hydrogens is 198 g/mol. The van der Waals surface area contributed by atoms with Crippen molar-refractivity contribution in [3.05, 3.63) is 0 Å². The minimum absolute atomic E-state index is 0.0942. The van der Waals surface area contributed by atoms with Crippen LogP contribution in [0.1, 0.15) is 26.2 Å². The summed E-state index contributed by atoms with van der Waals surface area (Å²) in [5.41, 5.74) is 5.25. The van der Waals surface area contributed by atoms with Crippen LogP contribution < -0.4 is 5.73 Å². The molecule has 0 aliphatic rings. The predicted octanol–water partition coefficient (Wildman–Crippen LogP) is 0.293. The van der Waals surface area contributed by atoms with Crippen LogP contribution in [0.15, 0.2) is 0 Å². The van der Waals surface area contributed by atoms with Crippen molar-refractivity contribution in [2.45, 2.75) is 32.2 Å². The zero-order valence-electron chi connectivity index (χ0n) is 8.56. The Kier molecular flexibility index (Phi) is 6.14. The maximum absolute atomic E-state index is 10.7. The zero-order chi connectivity index (χ0) is 11.8. The van der Waals surface area contributed by atoms with E-state index in [9.17, 15) is 9.59 Å². The van der Waals surface area contributed by atoms with Gasteiger partial charge in [-0.15, -0.1) is 11.8 Å². The summed E-state index contributed by atoms with van der Waals surface area (Å²) in [6, 6.07) is -1.14. The van der Waals surface area contributed by atoms with Gasteiger partial charge in [0.15, 0.2) is 0 Å². The molecule has 0 aromatic rings. The Labute approximate surface area is 88.3 Å².